The molecule has 0 saturated heterocycles. The summed E-state index contributed by atoms with van der Waals surface area (Å²) in [6.07, 6.45) is -1.03. The first-order valence-corrected chi connectivity index (χ1v) is 8.23. The van der Waals surface area contributed by atoms with Crippen LogP contribution in [0.2, 0.25) is 0 Å². The molecule has 1 aromatic rings. The van der Waals surface area contributed by atoms with Crippen molar-refractivity contribution in [2.24, 2.45) is 0 Å². The first-order valence-electron chi connectivity index (χ1n) is 7.69. The zero-order chi connectivity index (χ0) is 18.0. The minimum atomic E-state index is -0.841. The summed E-state index contributed by atoms with van der Waals surface area (Å²) in [4.78, 5) is 37.9. The zero-order valence-electron chi connectivity index (χ0n) is 14.0. The van der Waals surface area contributed by atoms with E-state index in [9.17, 15) is 14.4 Å². The number of esters is 1. The smallest absolute Gasteiger partial charge is 0.329 e. The van der Waals surface area contributed by atoms with Crippen molar-refractivity contribution in [1.82, 2.24) is 0 Å². The molecule has 1 amide bonds. The van der Waals surface area contributed by atoms with Crippen LogP contribution in [-0.4, -0.2) is 41.8 Å². The summed E-state index contributed by atoms with van der Waals surface area (Å²) in [5, 5.41) is 0. The van der Waals surface area contributed by atoms with Crippen LogP contribution in [0.3, 0.4) is 0 Å². The number of carbonyl (C=O) groups excluding carboxylic acids is 3. The lowest BCUT2D eigenvalue weighted by Gasteiger charge is -2.36. The Morgan fingerprint density at radius 2 is 2.00 bits per heavy atom. The number of hydrogen-bond donors (Lipinski definition) is 0. The van der Waals surface area contributed by atoms with Gasteiger partial charge in [0.05, 0.1) is 17.7 Å². The summed E-state index contributed by atoms with van der Waals surface area (Å²) in [7, 11) is 0. The summed E-state index contributed by atoms with van der Waals surface area (Å²) in [6, 6.07) is 3.86. The van der Waals surface area contributed by atoms with Crippen LogP contribution in [0, 0.1) is 0 Å². The lowest BCUT2D eigenvalue weighted by Crippen LogP contribution is -2.52. The number of alkyl halides is 1. The van der Waals surface area contributed by atoms with Crippen LogP contribution in [0.15, 0.2) is 18.2 Å². The van der Waals surface area contributed by atoms with Crippen molar-refractivity contribution < 1.29 is 23.9 Å². The highest BCUT2D eigenvalue weighted by Gasteiger charge is 2.38. The molecule has 0 fully saturated rings. The van der Waals surface area contributed by atoms with Gasteiger partial charge in [-0.1, -0.05) is 0 Å². The molecule has 0 saturated carbocycles. The quantitative estimate of drug-likeness (QED) is 0.462. The number of rotatable bonds is 5. The van der Waals surface area contributed by atoms with Gasteiger partial charge in [-0.05, 0) is 45.9 Å². The van der Waals surface area contributed by atoms with Gasteiger partial charge in [-0.3, -0.25) is 14.5 Å². The molecule has 2 rings (SSSR count). The number of benzene rings is 1. The van der Waals surface area contributed by atoms with Crippen LogP contribution < -0.4 is 9.64 Å². The topological polar surface area (TPSA) is 72.9 Å². The van der Waals surface area contributed by atoms with Crippen LogP contribution in [0.1, 0.15) is 38.1 Å². The third-order valence-electron chi connectivity index (χ3n) is 3.63. The fourth-order valence-electron chi connectivity index (χ4n) is 2.45. The van der Waals surface area contributed by atoms with Gasteiger partial charge in [-0.15, -0.1) is 11.6 Å². The molecule has 2 atom stereocenters. The predicted molar refractivity (Wildman–Crippen MR) is 89.8 cm³/mol. The first kappa shape index (κ1) is 18.3. The summed E-state index contributed by atoms with van der Waals surface area (Å²) in [5.41, 5.74) is 0.714. The SMILES string of the molecule is CC(C)OC(=O)C(C)N1C(=O)C(C)Oc2ccc(C(=O)CCl)cc21. The minimum absolute atomic E-state index is 0.172. The molecule has 0 radical (unpaired) electrons. The summed E-state index contributed by atoms with van der Waals surface area (Å²) < 4.78 is 10.8. The number of fused-ring (bicyclic) bond motifs is 1. The van der Waals surface area contributed by atoms with E-state index in [4.69, 9.17) is 21.1 Å². The fraction of sp³-hybridized carbons (Fsp3) is 0.471. The Morgan fingerprint density at radius 3 is 2.58 bits per heavy atom. The maximum Gasteiger partial charge on any atom is 0.329 e. The Kier molecular flexibility index (Phi) is 5.49. The molecule has 6 nitrogen and oxygen atoms in total. The molecule has 0 aliphatic carbocycles. The van der Waals surface area contributed by atoms with Gasteiger partial charge in [0.15, 0.2) is 11.9 Å². The van der Waals surface area contributed by atoms with Gasteiger partial charge in [-0.2, -0.15) is 0 Å². The van der Waals surface area contributed by atoms with E-state index in [1.807, 2.05) is 0 Å². The van der Waals surface area contributed by atoms with Crippen molar-refractivity contribution >= 4 is 34.9 Å². The minimum Gasteiger partial charge on any atom is -0.479 e. The molecule has 130 valence electrons. The molecule has 0 N–H and O–H groups in total. The fourth-order valence-corrected chi connectivity index (χ4v) is 2.60. The number of ether oxygens (including phenoxy) is 2. The predicted octanol–water partition coefficient (Wildman–Crippen LogP) is 2.56. The molecule has 0 aromatic heterocycles. The highest BCUT2D eigenvalue weighted by atomic mass is 35.5. The maximum absolute atomic E-state index is 12.6. The Morgan fingerprint density at radius 1 is 1.33 bits per heavy atom. The number of ketones is 1. The van der Waals surface area contributed by atoms with Crippen LogP contribution >= 0.6 is 11.6 Å². The standard InChI is InChI=1S/C17H20ClNO5/c1-9(2)23-17(22)10(3)19-13-7-12(14(20)8-18)5-6-15(13)24-11(4)16(19)21/h5-7,9-11H,8H2,1-4H3. The van der Waals surface area contributed by atoms with Crippen LogP contribution in [-0.2, 0) is 14.3 Å². The molecule has 1 aliphatic rings. The number of carbonyl (C=O) groups is 3. The highest BCUT2D eigenvalue weighted by Crippen LogP contribution is 2.36. The van der Waals surface area contributed by atoms with Crippen molar-refractivity contribution in [3.05, 3.63) is 23.8 Å². The van der Waals surface area contributed by atoms with Gasteiger partial charge < -0.3 is 9.47 Å². The largest absolute Gasteiger partial charge is 0.479 e. The van der Waals surface area contributed by atoms with Gasteiger partial charge in [0.1, 0.15) is 11.8 Å². The van der Waals surface area contributed by atoms with E-state index in [2.05, 4.69) is 0 Å². The van der Waals surface area contributed by atoms with Crippen molar-refractivity contribution in [1.29, 1.82) is 0 Å². The maximum atomic E-state index is 12.6. The van der Waals surface area contributed by atoms with Gasteiger partial charge >= 0.3 is 5.97 Å². The van der Waals surface area contributed by atoms with E-state index < -0.39 is 18.1 Å². The van der Waals surface area contributed by atoms with Crippen molar-refractivity contribution in [2.75, 3.05) is 10.8 Å². The zero-order valence-corrected chi connectivity index (χ0v) is 14.8. The second kappa shape index (κ2) is 7.21. The number of anilines is 1. The monoisotopic (exact) mass is 353 g/mol. The van der Waals surface area contributed by atoms with Crippen LogP contribution in [0.25, 0.3) is 0 Å². The van der Waals surface area contributed by atoms with E-state index in [1.54, 1.807) is 39.8 Å². The Balaban J connectivity index is 2.45. The molecule has 1 aliphatic heterocycles. The third-order valence-corrected chi connectivity index (χ3v) is 3.87. The molecule has 0 bridgehead atoms. The Labute approximate surface area is 145 Å². The third kappa shape index (κ3) is 3.53. The normalized spacial score (nSPS) is 18.0. The van der Waals surface area contributed by atoms with Gasteiger partial charge in [0, 0.05) is 5.56 Å². The van der Waals surface area contributed by atoms with Crippen molar-refractivity contribution in [3.63, 3.8) is 0 Å². The second-order valence-corrected chi connectivity index (χ2v) is 6.14. The summed E-state index contributed by atoms with van der Waals surface area (Å²) >= 11 is 5.59. The van der Waals surface area contributed by atoms with E-state index in [0.717, 1.165) is 0 Å². The average molecular weight is 354 g/mol. The van der Waals surface area contributed by atoms with Gasteiger partial charge in [0.25, 0.3) is 5.91 Å². The number of halogens is 1. The first-order chi connectivity index (χ1) is 11.3. The van der Waals surface area contributed by atoms with E-state index in [0.29, 0.717) is 17.0 Å². The Hall–Kier alpha value is -2.08. The lowest BCUT2D eigenvalue weighted by molar-refractivity contribution is -0.150. The van der Waals surface area contributed by atoms with Crippen molar-refractivity contribution in [3.8, 4) is 5.75 Å². The van der Waals surface area contributed by atoms with Crippen LogP contribution in [0.5, 0.6) is 5.75 Å². The second-order valence-electron chi connectivity index (χ2n) is 5.87. The molecular formula is C17H20ClNO5. The average Bonchev–Trinajstić information content (AvgIpc) is 2.53. The molecular weight excluding hydrogens is 334 g/mol. The highest BCUT2D eigenvalue weighted by molar-refractivity contribution is 6.30. The molecule has 7 heteroatoms. The van der Waals surface area contributed by atoms with Gasteiger partial charge in [0.2, 0.25) is 0 Å². The van der Waals surface area contributed by atoms with Crippen LogP contribution in [0.4, 0.5) is 5.69 Å². The summed E-state index contributed by atoms with van der Waals surface area (Å²) in [5.74, 6) is -0.909. The number of nitrogens with zero attached hydrogens (tertiary/aromatic N) is 1. The van der Waals surface area contributed by atoms with Gasteiger partial charge in [-0.25, -0.2) is 4.79 Å². The number of hydrogen-bond acceptors (Lipinski definition) is 5. The van der Waals surface area contributed by atoms with Crippen molar-refractivity contribution in [2.45, 2.75) is 45.9 Å². The lowest BCUT2D eigenvalue weighted by atomic mass is 10.1. The number of Topliss-reactive ketones (excluding diaryl/α,β-unsaturated/α-hetero) is 1. The molecule has 24 heavy (non-hydrogen) atoms. The molecule has 1 aromatic carbocycles. The Bertz CT molecular complexity index is 673. The van der Waals surface area contributed by atoms with E-state index >= 15 is 0 Å². The molecule has 2 unspecified atom stereocenters. The van der Waals surface area contributed by atoms with E-state index in [-0.39, 0.29) is 23.7 Å². The molecule has 1 heterocycles. The summed E-state index contributed by atoms with van der Waals surface area (Å²) in [6.45, 7) is 6.66. The number of amides is 1. The van der Waals surface area contributed by atoms with E-state index in [1.165, 1.54) is 11.0 Å². The molecule has 0 spiro atoms.